The number of aromatic nitrogens is 1. The normalized spacial score (nSPS) is 10.2. The van der Waals surface area contributed by atoms with Crippen molar-refractivity contribution >= 4 is 34.0 Å². The van der Waals surface area contributed by atoms with Gasteiger partial charge in [-0.2, -0.15) is 0 Å². The molecule has 86 valence electrons. The SMILES string of the molecule is O=Cc1ccc(Sc2ccc(Br)cn2)c(F)c1. The maximum atomic E-state index is 13.6. The molecule has 0 radical (unpaired) electrons. The molecule has 17 heavy (non-hydrogen) atoms. The Hall–Kier alpha value is -1.20. The molecule has 1 heterocycles. The minimum atomic E-state index is -0.413. The summed E-state index contributed by atoms with van der Waals surface area (Å²) in [7, 11) is 0. The number of nitrogens with zero attached hydrogens (tertiary/aromatic N) is 1. The minimum absolute atomic E-state index is 0.329. The first kappa shape index (κ1) is 12.3. The maximum absolute atomic E-state index is 13.6. The highest BCUT2D eigenvalue weighted by molar-refractivity contribution is 9.10. The van der Waals surface area contributed by atoms with Gasteiger partial charge < -0.3 is 0 Å². The summed E-state index contributed by atoms with van der Waals surface area (Å²) in [6.45, 7) is 0. The van der Waals surface area contributed by atoms with E-state index in [2.05, 4.69) is 20.9 Å². The van der Waals surface area contributed by atoms with Gasteiger partial charge in [-0.25, -0.2) is 9.37 Å². The largest absolute Gasteiger partial charge is 0.298 e. The van der Waals surface area contributed by atoms with Crippen LogP contribution in [-0.2, 0) is 0 Å². The molecule has 2 nitrogen and oxygen atoms in total. The van der Waals surface area contributed by atoms with Gasteiger partial charge in [0.15, 0.2) is 0 Å². The monoisotopic (exact) mass is 311 g/mol. The van der Waals surface area contributed by atoms with Crippen LogP contribution in [-0.4, -0.2) is 11.3 Å². The summed E-state index contributed by atoms with van der Waals surface area (Å²) in [5, 5.41) is 0.700. The van der Waals surface area contributed by atoms with Crippen LogP contribution < -0.4 is 0 Å². The second kappa shape index (κ2) is 5.42. The highest BCUT2D eigenvalue weighted by atomic mass is 79.9. The average molecular weight is 312 g/mol. The second-order valence-corrected chi connectivity index (χ2v) is 5.20. The van der Waals surface area contributed by atoms with E-state index < -0.39 is 5.82 Å². The number of pyridine rings is 1. The van der Waals surface area contributed by atoms with Gasteiger partial charge in [0.2, 0.25) is 0 Å². The van der Waals surface area contributed by atoms with Gasteiger partial charge in [-0.15, -0.1) is 0 Å². The fraction of sp³-hybridized carbons (Fsp3) is 0. The predicted molar refractivity (Wildman–Crippen MR) is 67.8 cm³/mol. The first-order chi connectivity index (χ1) is 8.19. The molecule has 0 spiro atoms. The summed E-state index contributed by atoms with van der Waals surface area (Å²) < 4.78 is 14.5. The molecule has 1 aromatic heterocycles. The predicted octanol–water partition coefficient (Wildman–Crippen LogP) is 3.95. The van der Waals surface area contributed by atoms with Crippen LogP contribution in [0.5, 0.6) is 0 Å². The van der Waals surface area contributed by atoms with E-state index in [4.69, 9.17) is 0 Å². The molecule has 0 fully saturated rings. The van der Waals surface area contributed by atoms with Gasteiger partial charge in [0.25, 0.3) is 0 Å². The molecule has 0 saturated carbocycles. The van der Waals surface area contributed by atoms with E-state index in [1.165, 1.54) is 17.8 Å². The van der Waals surface area contributed by atoms with Gasteiger partial charge in [-0.1, -0.05) is 17.8 Å². The van der Waals surface area contributed by atoms with Crippen molar-refractivity contribution < 1.29 is 9.18 Å². The highest BCUT2D eigenvalue weighted by Crippen LogP contribution is 2.29. The van der Waals surface area contributed by atoms with Crippen LogP contribution in [0, 0.1) is 5.82 Å². The van der Waals surface area contributed by atoms with Crippen molar-refractivity contribution in [2.45, 2.75) is 9.92 Å². The molecular formula is C12H7BrFNOS. The molecule has 0 unspecified atom stereocenters. The fourth-order valence-electron chi connectivity index (χ4n) is 1.21. The zero-order chi connectivity index (χ0) is 12.3. The number of aldehydes is 1. The molecule has 0 atom stereocenters. The summed E-state index contributed by atoms with van der Waals surface area (Å²) in [6.07, 6.45) is 2.27. The lowest BCUT2D eigenvalue weighted by Crippen LogP contribution is -1.87. The maximum Gasteiger partial charge on any atom is 0.150 e. The quantitative estimate of drug-likeness (QED) is 0.804. The van der Waals surface area contributed by atoms with E-state index in [1.54, 1.807) is 24.4 Å². The third-order valence-electron chi connectivity index (χ3n) is 2.01. The van der Waals surface area contributed by atoms with Crippen LogP contribution in [0.1, 0.15) is 10.4 Å². The van der Waals surface area contributed by atoms with Crippen molar-refractivity contribution in [3.05, 3.63) is 52.4 Å². The summed E-state index contributed by atoms with van der Waals surface area (Å²) in [4.78, 5) is 15.1. The van der Waals surface area contributed by atoms with Crippen LogP contribution in [0.25, 0.3) is 0 Å². The first-order valence-electron chi connectivity index (χ1n) is 4.73. The zero-order valence-corrected chi connectivity index (χ0v) is 11.0. The molecule has 0 aliphatic heterocycles. The van der Waals surface area contributed by atoms with Crippen LogP contribution in [0.15, 0.2) is 50.9 Å². The van der Waals surface area contributed by atoms with Crippen molar-refractivity contribution in [2.75, 3.05) is 0 Å². The van der Waals surface area contributed by atoms with Gasteiger partial charge in [-0.3, -0.25) is 4.79 Å². The summed E-state index contributed by atoms with van der Waals surface area (Å²) >= 11 is 4.50. The van der Waals surface area contributed by atoms with Crippen molar-refractivity contribution in [3.8, 4) is 0 Å². The van der Waals surface area contributed by atoms with Crippen molar-refractivity contribution in [3.63, 3.8) is 0 Å². The number of hydrogen-bond acceptors (Lipinski definition) is 3. The number of carbonyl (C=O) groups is 1. The molecule has 5 heteroatoms. The Bertz CT molecular complexity index is 545. The lowest BCUT2D eigenvalue weighted by atomic mass is 10.2. The first-order valence-corrected chi connectivity index (χ1v) is 6.34. The highest BCUT2D eigenvalue weighted by Gasteiger charge is 2.06. The number of halogens is 2. The molecule has 2 rings (SSSR count). The van der Waals surface area contributed by atoms with Crippen molar-refractivity contribution in [2.24, 2.45) is 0 Å². The Balaban J connectivity index is 2.24. The summed E-state index contributed by atoms with van der Waals surface area (Å²) in [5.41, 5.74) is 0.329. The number of rotatable bonds is 3. The van der Waals surface area contributed by atoms with E-state index in [1.807, 2.05) is 6.07 Å². The van der Waals surface area contributed by atoms with Crippen molar-refractivity contribution in [1.82, 2.24) is 4.98 Å². The lowest BCUT2D eigenvalue weighted by molar-refractivity contribution is 0.112. The van der Waals surface area contributed by atoms with Gasteiger partial charge >= 0.3 is 0 Å². The zero-order valence-electron chi connectivity index (χ0n) is 8.56. The smallest absolute Gasteiger partial charge is 0.150 e. The third kappa shape index (κ3) is 3.14. The average Bonchev–Trinajstić information content (AvgIpc) is 2.34. The molecule has 1 aromatic carbocycles. The molecule has 2 aromatic rings. The Labute approximate surface area is 110 Å². The fourth-order valence-corrected chi connectivity index (χ4v) is 2.20. The lowest BCUT2D eigenvalue weighted by Gasteiger charge is -2.03. The molecule has 0 bridgehead atoms. The van der Waals surface area contributed by atoms with Crippen LogP contribution >= 0.6 is 27.7 Å². The summed E-state index contributed by atoms with van der Waals surface area (Å²) in [5.74, 6) is -0.413. The van der Waals surface area contributed by atoms with Gasteiger partial charge in [-0.05, 0) is 40.2 Å². The van der Waals surface area contributed by atoms with E-state index >= 15 is 0 Å². The minimum Gasteiger partial charge on any atom is -0.298 e. The van der Waals surface area contributed by atoms with E-state index in [0.29, 0.717) is 21.8 Å². The van der Waals surface area contributed by atoms with Crippen LogP contribution in [0.3, 0.4) is 0 Å². The van der Waals surface area contributed by atoms with Gasteiger partial charge in [0.1, 0.15) is 17.1 Å². The van der Waals surface area contributed by atoms with Crippen molar-refractivity contribution in [1.29, 1.82) is 0 Å². The van der Waals surface area contributed by atoms with Gasteiger partial charge in [0, 0.05) is 21.1 Å². The molecule has 0 aliphatic rings. The van der Waals surface area contributed by atoms with Gasteiger partial charge in [0.05, 0.1) is 0 Å². The topological polar surface area (TPSA) is 30.0 Å². The number of carbonyl (C=O) groups excluding carboxylic acids is 1. The molecular weight excluding hydrogens is 305 g/mol. The third-order valence-corrected chi connectivity index (χ3v) is 3.48. The summed E-state index contributed by atoms with van der Waals surface area (Å²) in [6, 6.07) is 8.01. The van der Waals surface area contributed by atoms with E-state index in [-0.39, 0.29) is 0 Å². The molecule has 0 N–H and O–H groups in total. The Morgan fingerprint density at radius 1 is 1.29 bits per heavy atom. The number of benzene rings is 1. The molecule has 0 aliphatic carbocycles. The Morgan fingerprint density at radius 3 is 2.71 bits per heavy atom. The number of hydrogen-bond donors (Lipinski definition) is 0. The standard InChI is InChI=1S/C12H7BrFNOS/c13-9-2-4-12(15-6-9)17-11-3-1-8(7-16)5-10(11)14/h1-7H. The molecule has 0 saturated heterocycles. The van der Waals surface area contributed by atoms with Crippen LogP contribution in [0.4, 0.5) is 4.39 Å². The Kier molecular flexibility index (Phi) is 3.91. The Morgan fingerprint density at radius 2 is 2.12 bits per heavy atom. The van der Waals surface area contributed by atoms with E-state index in [0.717, 1.165) is 4.47 Å². The molecule has 0 amide bonds. The van der Waals surface area contributed by atoms with E-state index in [9.17, 15) is 9.18 Å². The van der Waals surface area contributed by atoms with Crippen LogP contribution in [0.2, 0.25) is 0 Å². The second-order valence-electron chi connectivity index (χ2n) is 3.22.